The molecule has 0 saturated heterocycles. The number of halogens is 4. The fraction of sp³-hybridized carbons (Fsp3) is 0.0714. The quantitative estimate of drug-likeness (QED) is 0.723. The maximum Gasteiger partial charge on any atom is 0.434 e. The Labute approximate surface area is 135 Å². The van der Waals surface area contributed by atoms with Crippen LogP contribution in [0.3, 0.4) is 0 Å². The van der Waals surface area contributed by atoms with E-state index in [0.717, 1.165) is 11.3 Å². The van der Waals surface area contributed by atoms with E-state index in [1.807, 2.05) is 0 Å². The second kappa shape index (κ2) is 5.71. The Balaban J connectivity index is 2.08. The lowest BCUT2D eigenvalue weighted by Crippen LogP contribution is -2.17. The van der Waals surface area contributed by atoms with Crippen molar-refractivity contribution in [3.8, 4) is 16.4 Å². The summed E-state index contributed by atoms with van der Waals surface area (Å²) in [7, 11) is 0. The molecule has 0 fully saturated rings. The van der Waals surface area contributed by atoms with Crippen molar-refractivity contribution in [1.82, 2.24) is 14.8 Å². The standard InChI is InChI=1S/C14H7F4N3O2S/c15-8-3-1-7(2-4-8)10-6-24-13(20-10)21-11(14(16,17)18)9(5-19-21)12(22)23/h1-6H,(H,22,23). The average Bonchev–Trinajstić information content (AvgIpc) is 3.14. The normalized spacial score (nSPS) is 11.7. The van der Waals surface area contributed by atoms with Crippen LogP contribution in [0.25, 0.3) is 16.4 Å². The summed E-state index contributed by atoms with van der Waals surface area (Å²) in [6, 6.07) is 5.27. The Morgan fingerprint density at radius 1 is 1.21 bits per heavy atom. The summed E-state index contributed by atoms with van der Waals surface area (Å²) in [5.74, 6) is -2.18. The lowest BCUT2D eigenvalue weighted by atomic mass is 10.2. The predicted octanol–water partition coefficient (Wildman–Crippen LogP) is 3.85. The third-order valence-corrected chi connectivity index (χ3v) is 3.90. The minimum atomic E-state index is -4.91. The number of alkyl halides is 3. The number of aromatic carboxylic acids is 1. The van der Waals surface area contributed by atoms with Gasteiger partial charge >= 0.3 is 12.1 Å². The predicted molar refractivity (Wildman–Crippen MR) is 76.6 cm³/mol. The zero-order chi connectivity index (χ0) is 17.5. The molecule has 3 rings (SSSR count). The molecule has 24 heavy (non-hydrogen) atoms. The van der Waals surface area contributed by atoms with Crippen LogP contribution in [0.4, 0.5) is 17.6 Å². The summed E-state index contributed by atoms with van der Waals surface area (Å²) in [5.41, 5.74) is -1.52. The molecular weight excluding hydrogens is 350 g/mol. The van der Waals surface area contributed by atoms with E-state index in [-0.39, 0.29) is 5.13 Å². The van der Waals surface area contributed by atoms with Gasteiger partial charge in [-0.15, -0.1) is 11.3 Å². The van der Waals surface area contributed by atoms with Gasteiger partial charge in [-0.2, -0.15) is 18.3 Å². The summed E-state index contributed by atoms with van der Waals surface area (Å²) in [6.07, 6.45) is -4.28. The highest BCUT2D eigenvalue weighted by atomic mass is 32.1. The van der Waals surface area contributed by atoms with Crippen molar-refractivity contribution < 1.29 is 27.5 Å². The zero-order valence-electron chi connectivity index (χ0n) is 11.6. The molecule has 124 valence electrons. The molecule has 0 unspecified atom stereocenters. The Morgan fingerprint density at radius 3 is 2.46 bits per heavy atom. The number of carboxylic acid groups (broad SMARTS) is 1. The largest absolute Gasteiger partial charge is 0.478 e. The molecule has 2 aromatic heterocycles. The Kier molecular flexibility index (Phi) is 3.84. The first kappa shape index (κ1) is 16.1. The maximum absolute atomic E-state index is 13.2. The number of nitrogens with zero attached hydrogens (tertiary/aromatic N) is 3. The van der Waals surface area contributed by atoms with Gasteiger partial charge in [-0.25, -0.2) is 18.9 Å². The van der Waals surface area contributed by atoms with E-state index in [1.54, 1.807) is 0 Å². The van der Waals surface area contributed by atoms with Crippen molar-refractivity contribution in [2.24, 2.45) is 0 Å². The molecule has 0 atom stereocenters. The summed E-state index contributed by atoms with van der Waals surface area (Å²) in [4.78, 5) is 15.0. The van der Waals surface area contributed by atoms with Gasteiger partial charge in [0.1, 0.15) is 11.4 Å². The molecule has 0 saturated carbocycles. The Hall–Kier alpha value is -2.75. The highest BCUT2D eigenvalue weighted by Crippen LogP contribution is 2.35. The van der Waals surface area contributed by atoms with Gasteiger partial charge in [0.2, 0.25) is 5.13 Å². The monoisotopic (exact) mass is 357 g/mol. The van der Waals surface area contributed by atoms with Crippen LogP contribution in [0.2, 0.25) is 0 Å². The van der Waals surface area contributed by atoms with Crippen LogP contribution < -0.4 is 0 Å². The average molecular weight is 357 g/mol. The van der Waals surface area contributed by atoms with E-state index < -0.39 is 29.2 Å². The summed E-state index contributed by atoms with van der Waals surface area (Å²) >= 11 is 0.860. The fourth-order valence-electron chi connectivity index (χ4n) is 2.04. The van der Waals surface area contributed by atoms with Gasteiger partial charge in [0, 0.05) is 10.9 Å². The van der Waals surface area contributed by atoms with Crippen molar-refractivity contribution in [1.29, 1.82) is 0 Å². The van der Waals surface area contributed by atoms with Crippen LogP contribution in [-0.2, 0) is 6.18 Å². The zero-order valence-corrected chi connectivity index (χ0v) is 12.4. The fourth-order valence-corrected chi connectivity index (χ4v) is 2.83. The Bertz CT molecular complexity index is 900. The minimum absolute atomic E-state index is 0.144. The van der Waals surface area contributed by atoms with Crippen LogP contribution >= 0.6 is 11.3 Å². The van der Waals surface area contributed by atoms with Gasteiger partial charge in [-0.3, -0.25) is 0 Å². The molecule has 0 amide bonds. The van der Waals surface area contributed by atoms with E-state index in [0.29, 0.717) is 22.1 Å². The van der Waals surface area contributed by atoms with E-state index >= 15 is 0 Å². The van der Waals surface area contributed by atoms with Gasteiger partial charge in [-0.1, -0.05) is 0 Å². The maximum atomic E-state index is 13.2. The lowest BCUT2D eigenvalue weighted by Gasteiger charge is -2.09. The number of hydrogen-bond acceptors (Lipinski definition) is 4. The number of rotatable bonds is 3. The molecule has 0 aliphatic heterocycles. The van der Waals surface area contributed by atoms with E-state index in [2.05, 4.69) is 10.1 Å². The number of benzene rings is 1. The van der Waals surface area contributed by atoms with Crippen molar-refractivity contribution >= 4 is 17.3 Å². The number of hydrogen-bond donors (Lipinski definition) is 1. The third kappa shape index (κ3) is 2.87. The molecule has 0 radical (unpaired) electrons. The van der Waals surface area contributed by atoms with Crippen molar-refractivity contribution in [3.63, 3.8) is 0 Å². The molecule has 1 N–H and O–H groups in total. The molecule has 1 aromatic carbocycles. The first-order valence-electron chi connectivity index (χ1n) is 6.37. The van der Waals surface area contributed by atoms with Gasteiger partial charge in [-0.05, 0) is 24.3 Å². The van der Waals surface area contributed by atoms with E-state index in [1.165, 1.54) is 29.6 Å². The number of thiazole rings is 1. The summed E-state index contributed by atoms with van der Waals surface area (Å²) < 4.78 is 52.9. The molecule has 0 bridgehead atoms. The van der Waals surface area contributed by atoms with Crippen LogP contribution in [0.5, 0.6) is 0 Å². The SMILES string of the molecule is O=C(O)c1cnn(-c2nc(-c3ccc(F)cc3)cs2)c1C(F)(F)F. The topological polar surface area (TPSA) is 68.0 Å². The van der Waals surface area contributed by atoms with Crippen LogP contribution in [0.1, 0.15) is 16.1 Å². The van der Waals surface area contributed by atoms with Crippen LogP contribution in [0, 0.1) is 5.82 Å². The molecule has 0 aliphatic rings. The highest BCUT2D eigenvalue weighted by Gasteiger charge is 2.41. The highest BCUT2D eigenvalue weighted by molar-refractivity contribution is 7.12. The molecule has 2 heterocycles. The molecule has 0 spiro atoms. The van der Waals surface area contributed by atoms with Gasteiger partial charge in [0.25, 0.3) is 0 Å². The first-order valence-corrected chi connectivity index (χ1v) is 7.25. The minimum Gasteiger partial charge on any atom is -0.478 e. The second-order valence-electron chi connectivity index (χ2n) is 4.64. The molecule has 0 aliphatic carbocycles. The summed E-state index contributed by atoms with van der Waals surface area (Å²) in [5, 5.41) is 13.7. The number of aromatic nitrogens is 3. The lowest BCUT2D eigenvalue weighted by molar-refractivity contribution is -0.143. The van der Waals surface area contributed by atoms with Gasteiger partial charge < -0.3 is 5.11 Å². The van der Waals surface area contributed by atoms with Crippen LogP contribution in [0.15, 0.2) is 35.8 Å². The number of carboxylic acids is 1. The van der Waals surface area contributed by atoms with Crippen molar-refractivity contribution in [2.75, 3.05) is 0 Å². The molecular formula is C14H7F4N3O2S. The molecule has 10 heteroatoms. The van der Waals surface area contributed by atoms with E-state index in [4.69, 9.17) is 5.11 Å². The first-order chi connectivity index (χ1) is 11.3. The third-order valence-electron chi connectivity index (χ3n) is 3.08. The summed E-state index contributed by atoms with van der Waals surface area (Å²) in [6.45, 7) is 0. The van der Waals surface area contributed by atoms with Crippen LogP contribution in [-0.4, -0.2) is 25.8 Å². The molecule has 5 nitrogen and oxygen atoms in total. The number of carbonyl (C=O) groups is 1. The second-order valence-corrected chi connectivity index (χ2v) is 5.48. The molecule has 3 aromatic rings. The van der Waals surface area contributed by atoms with Crippen molar-refractivity contribution in [3.05, 3.63) is 52.9 Å². The smallest absolute Gasteiger partial charge is 0.434 e. The van der Waals surface area contributed by atoms with Gasteiger partial charge in [0.05, 0.1) is 11.9 Å². The van der Waals surface area contributed by atoms with E-state index in [9.17, 15) is 22.4 Å². The van der Waals surface area contributed by atoms with Crippen molar-refractivity contribution in [2.45, 2.75) is 6.18 Å². The van der Waals surface area contributed by atoms with Gasteiger partial charge in [0.15, 0.2) is 5.69 Å². The Morgan fingerprint density at radius 2 is 1.88 bits per heavy atom.